The van der Waals surface area contributed by atoms with E-state index in [0.717, 1.165) is 5.56 Å². The van der Waals surface area contributed by atoms with Gasteiger partial charge in [0.25, 0.3) is 11.7 Å². The molecule has 1 amide bonds. The van der Waals surface area contributed by atoms with Gasteiger partial charge in [0.05, 0.1) is 25.8 Å². The Morgan fingerprint density at radius 3 is 2.42 bits per heavy atom. The van der Waals surface area contributed by atoms with Gasteiger partial charge in [-0.1, -0.05) is 29.8 Å². The molecule has 1 atom stereocenters. The number of hydrogen-bond donors (Lipinski definition) is 1. The van der Waals surface area contributed by atoms with E-state index in [2.05, 4.69) is 4.98 Å². The molecule has 1 unspecified atom stereocenters. The van der Waals surface area contributed by atoms with Crippen LogP contribution in [0.4, 0.5) is 0 Å². The average Bonchev–Trinajstić information content (AvgIpc) is 3.09. The van der Waals surface area contributed by atoms with Crippen molar-refractivity contribution in [1.29, 1.82) is 0 Å². The van der Waals surface area contributed by atoms with Crippen molar-refractivity contribution >= 4 is 29.1 Å². The SMILES string of the molecule is COc1ccc(/C(O)=C2/C(=O)C(=O)N(Cc3cccnc3)C2c2ccc(Cl)cc2)cc1OC. The number of methoxy groups -OCH3 is 2. The van der Waals surface area contributed by atoms with Gasteiger partial charge >= 0.3 is 0 Å². The van der Waals surface area contributed by atoms with Gasteiger partial charge in [-0.05, 0) is 47.5 Å². The number of benzene rings is 2. The second-order valence-corrected chi connectivity index (χ2v) is 7.85. The van der Waals surface area contributed by atoms with Crippen molar-refractivity contribution in [2.75, 3.05) is 14.2 Å². The minimum atomic E-state index is -0.810. The van der Waals surface area contributed by atoms with Crippen LogP contribution in [0.3, 0.4) is 0 Å². The van der Waals surface area contributed by atoms with E-state index in [4.69, 9.17) is 21.1 Å². The van der Waals surface area contributed by atoms with E-state index < -0.39 is 17.7 Å². The smallest absolute Gasteiger partial charge is 0.295 e. The summed E-state index contributed by atoms with van der Waals surface area (Å²) in [5.74, 6) is -0.926. The van der Waals surface area contributed by atoms with Gasteiger partial charge in [-0.3, -0.25) is 14.6 Å². The number of rotatable bonds is 6. The van der Waals surface area contributed by atoms with Crippen LogP contribution in [0.5, 0.6) is 11.5 Å². The first-order chi connectivity index (χ1) is 15.9. The molecule has 168 valence electrons. The number of halogens is 1. The zero-order chi connectivity index (χ0) is 23.5. The molecule has 4 rings (SSSR count). The van der Waals surface area contributed by atoms with Crippen LogP contribution in [0.1, 0.15) is 22.7 Å². The Labute approximate surface area is 195 Å². The van der Waals surface area contributed by atoms with Crippen LogP contribution in [0.25, 0.3) is 5.76 Å². The number of aromatic nitrogens is 1. The van der Waals surface area contributed by atoms with E-state index >= 15 is 0 Å². The first-order valence-corrected chi connectivity index (χ1v) is 10.5. The highest BCUT2D eigenvalue weighted by Crippen LogP contribution is 2.41. The number of ether oxygens (including phenoxy) is 2. The number of aliphatic hydroxyl groups is 1. The van der Waals surface area contributed by atoms with Crippen LogP contribution in [0, 0.1) is 0 Å². The molecule has 1 aliphatic heterocycles. The number of likely N-dealkylation sites (tertiary alicyclic amines) is 1. The lowest BCUT2D eigenvalue weighted by Crippen LogP contribution is -2.29. The number of carbonyl (C=O) groups is 2. The average molecular weight is 465 g/mol. The summed E-state index contributed by atoms with van der Waals surface area (Å²) in [6, 6.07) is 14.4. The van der Waals surface area contributed by atoms with Gasteiger partial charge in [0.1, 0.15) is 5.76 Å². The predicted octanol–water partition coefficient (Wildman–Crippen LogP) is 4.37. The van der Waals surface area contributed by atoms with Gasteiger partial charge in [0, 0.05) is 29.5 Å². The molecule has 3 aromatic rings. The van der Waals surface area contributed by atoms with Gasteiger partial charge in [-0.2, -0.15) is 0 Å². The third kappa shape index (κ3) is 4.27. The molecule has 2 heterocycles. The van der Waals surface area contributed by atoms with Crippen LogP contribution < -0.4 is 9.47 Å². The lowest BCUT2D eigenvalue weighted by molar-refractivity contribution is -0.140. The van der Waals surface area contributed by atoms with Gasteiger partial charge in [-0.15, -0.1) is 0 Å². The summed E-state index contributed by atoms with van der Waals surface area (Å²) < 4.78 is 10.6. The molecule has 0 spiro atoms. The topological polar surface area (TPSA) is 89.0 Å². The maximum absolute atomic E-state index is 13.1. The summed E-state index contributed by atoms with van der Waals surface area (Å²) >= 11 is 6.06. The molecular weight excluding hydrogens is 444 g/mol. The Bertz CT molecular complexity index is 1230. The van der Waals surface area contributed by atoms with E-state index in [-0.39, 0.29) is 17.9 Å². The second-order valence-electron chi connectivity index (χ2n) is 7.41. The number of ketones is 1. The Kier molecular flexibility index (Phi) is 6.33. The van der Waals surface area contributed by atoms with Gasteiger partial charge < -0.3 is 19.5 Å². The molecule has 1 N–H and O–H groups in total. The summed E-state index contributed by atoms with van der Waals surface area (Å²) in [7, 11) is 2.98. The van der Waals surface area contributed by atoms with Gasteiger partial charge in [0.2, 0.25) is 0 Å². The number of pyridine rings is 1. The molecule has 2 aromatic carbocycles. The third-order valence-electron chi connectivity index (χ3n) is 5.46. The first kappa shape index (κ1) is 22.4. The molecule has 7 nitrogen and oxygen atoms in total. The molecule has 1 saturated heterocycles. The standard InChI is InChI=1S/C25H21ClN2O5/c1-32-19-10-7-17(12-20(19)33-2)23(29)21-22(16-5-8-18(26)9-6-16)28(25(31)24(21)30)14-15-4-3-11-27-13-15/h3-13,22,29H,14H2,1-2H3/b23-21-. The molecule has 0 saturated carbocycles. The maximum Gasteiger partial charge on any atom is 0.295 e. The van der Waals surface area contributed by atoms with Crippen molar-refractivity contribution in [3.05, 3.63) is 94.3 Å². The zero-order valence-electron chi connectivity index (χ0n) is 18.0. The molecule has 0 aliphatic carbocycles. The van der Waals surface area contributed by atoms with E-state index in [9.17, 15) is 14.7 Å². The van der Waals surface area contributed by atoms with Crippen molar-refractivity contribution in [3.8, 4) is 11.5 Å². The van der Waals surface area contributed by atoms with Crippen LogP contribution in [0.15, 0.2) is 72.6 Å². The number of carbonyl (C=O) groups excluding carboxylic acids is 2. The monoisotopic (exact) mass is 464 g/mol. The first-order valence-electron chi connectivity index (χ1n) is 10.1. The number of Topliss-reactive ketones (excluding diaryl/α,β-unsaturated/α-hetero) is 1. The molecular formula is C25H21ClN2O5. The quantitative estimate of drug-likeness (QED) is 0.331. The van der Waals surface area contributed by atoms with E-state index in [1.807, 2.05) is 6.07 Å². The van der Waals surface area contributed by atoms with Crippen molar-refractivity contribution in [3.63, 3.8) is 0 Å². The van der Waals surface area contributed by atoms with E-state index in [0.29, 0.717) is 27.6 Å². The Balaban J connectivity index is 1.86. The molecule has 1 aliphatic rings. The largest absolute Gasteiger partial charge is 0.507 e. The van der Waals surface area contributed by atoms with Crippen LogP contribution in [-0.4, -0.2) is 40.9 Å². The minimum absolute atomic E-state index is 0.0153. The fraction of sp³-hybridized carbons (Fsp3) is 0.160. The zero-order valence-corrected chi connectivity index (χ0v) is 18.7. The summed E-state index contributed by atoms with van der Waals surface area (Å²) in [4.78, 5) is 31.7. The molecule has 1 fully saturated rings. The number of nitrogens with zero attached hydrogens (tertiary/aromatic N) is 2. The summed E-state index contributed by atoms with van der Waals surface area (Å²) in [6.07, 6.45) is 3.26. The highest BCUT2D eigenvalue weighted by atomic mass is 35.5. The Morgan fingerprint density at radius 2 is 1.79 bits per heavy atom. The molecule has 1 aromatic heterocycles. The molecule has 8 heteroatoms. The van der Waals surface area contributed by atoms with Gasteiger partial charge in [-0.25, -0.2) is 0 Å². The lowest BCUT2D eigenvalue weighted by atomic mass is 9.95. The summed E-state index contributed by atoms with van der Waals surface area (Å²) in [5.41, 5.74) is 1.71. The second kappa shape index (κ2) is 9.34. The van der Waals surface area contributed by atoms with E-state index in [1.165, 1.54) is 19.1 Å². The van der Waals surface area contributed by atoms with Crippen molar-refractivity contribution in [1.82, 2.24) is 9.88 Å². The lowest BCUT2D eigenvalue weighted by Gasteiger charge is -2.25. The van der Waals surface area contributed by atoms with Crippen molar-refractivity contribution in [2.24, 2.45) is 0 Å². The number of amides is 1. The fourth-order valence-corrected chi connectivity index (χ4v) is 3.99. The van der Waals surface area contributed by atoms with Crippen molar-refractivity contribution in [2.45, 2.75) is 12.6 Å². The van der Waals surface area contributed by atoms with Crippen LogP contribution in [-0.2, 0) is 16.1 Å². The Morgan fingerprint density at radius 1 is 1.06 bits per heavy atom. The molecule has 0 radical (unpaired) electrons. The minimum Gasteiger partial charge on any atom is -0.507 e. The number of hydrogen-bond acceptors (Lipinski definition) is 6. The fourth-order valence-electron chi connectivity index (χ4n) is 3.86. The Hall–Kier alpha value is -3.84. The highest BCUT2D eigenvalue weighted by Gasteiger charge is 2.46. The summed E-state index contributed by atoms with van der Waals surface area (Å²) in [6.45, 7) is 0.147. The van der Waals surface area contributed by atoms with Gasteiger partial charge in [0.15, 0.2) is 11.5 Å². The highest BCUT2D eigenvalue weighted by molar-refractivity contribution is 6.46. The van der Waals surface area contributed by atoms with Crippen molar-refractivity contribution < 1.29 is 24.2 Å². The van der Waals surface area contributed by atoms with Crippen LogP contribution in [0.2, 0.25) is 5.02 Å². The van der Waals surface area contributed by atoms with E-state index in [1.54, 1.807) is 60.9 Å². The maximum atomic E-state index is 13.1. The molecule has 0 bridgehead atoms. The number of aliphatic hydroxyl groups excluding tert-OH is 1. The third-order valence-corrected chi connectivity index (χ3v) is 5.71. The van der Waals surface area contributed by atoms with Crippen LogP contribution >= 0.6 is 11.6 Å². The predicted molar refractivity (Wildman–Crippen MR) is 123 cm³/mol. The summed E-state index contributed by atoms with van der Waals surface area (Å²) in [5, 5.41) is 11.7. The molecule has 33 heavy (non-hydrogen) atoms. The normalized spacial score (nSPS) is 17.3.